The summed E-state index contributed by atoms with van der Waals surface area (Å²) < 4.78 is 9.34. The molecule has 8 heteroatoms. The van der Waals surface area contributed by atoms with Crippen LogP contribution in [0, 0.1) is 10.7 Å². The van der Waals surface area contributed by atoms with Crippen molar-refractivity contribution in [1.29, 1.82) is 0 Å². The molecule has 0 radical (unpaired) electrons. The minimum Gasteiger partial charge on any atom is -0.466 e. The maximum atomic E-state index is 12.0. The highest BCUT2D eigenvalue weighted by molar-refractivity contribution is 7.71. The molecule has 1 fully saturated rings. The molecule has 0 aliphatic carbocycles. The standard InChI is InChI=1S/C17H21ClN4O2S/c1-2-24-16(23)13-5-4-8-20(10-13)12-22-17(25)21(11-19-22)15-7-3-6-14(18)9-15/h3,6-7,9,11,13H,2,4-5,8,10,12H2,1H3/t13-/m1/s1. The molecule has 2 aromatic rings. The van der Waals surface area contributed by atoms with Gasteiger partial charge in [0.15, 0.2) is 0 Å². The van der Waals surface area contributed by atoms with E-state index in [9.17, 15) is 4.79 Å². The number of rotatable bonds is 5. The van der Waals surface area contributed by atoms with E-state index in [4.69, 9.17) is 28.6 Å². The Kier molecular flexibility index (Phi) is 5.88. The van der Waals surface area contributed by atoms with Crippen molar-refractivity contribution in [2.24, 2.45) is 5.92 Å². The van der Waals surface area contributed by atoms with Gasteiger partial charge in [0, 0.05) is 11.6 Å². The Morgan fingerprint density at radius 2 is 2.32 bits per heavy atom. The van der Waals surface area contributed by atoms with Crippen LogP contribution in [0.1, 0.15) is 19.8 Å². The summed E-state index contributed by atoms with van der Waals surface area (Å²) in [4.78, 5) is 14.2. The highest BCUT2D eigenvalue weighted by Gasteiger charge is 2.27. The molecule has 3 rings (SSSR count). The van der Waals surface area contributed by atoms with Crippen LogP contribution in [0.25, 0.3) is 5.69 Å². The first-order valence-corrected chi connectivity index (χ1v) is 9.16. The van der Waals surface area contributed by atoms with E-state index < -0.39 is 0 Å². The van der Waals surface area contributed by atoms with Crippen LogP contribution in [0.2, 0.25) is 5.02 Å². The molecule has 134 valence electrons. The molecule has 0 amide bonds. The lowest BCUT2D eigenvalue weighted by molar-refractivity contribution is -0.150. The first-order chi connectivity index (χ1) is 12.1. The maximum Gasteiger partial charge on any atom is 0.310 e. The van der Waals surface area contributed by atoms with E-state index in [0.29, 0.717) is 29.6 Å². The van der Waals surface area contributed by atoms with E-state index in [1.54, 1.807) is 11.0 Å². The van der Waals surface area contributed by atoms with Gasteiger partial charge in [-0.15, -0.1) is 0 Å². The second-order valence-electron chi connectivity index (χ2n) is 6.07. The summed E-state index contributed by atoms with van der Waals surface area (Å²) in [6, 6.07) is 7.49. The van der Waals surface area contributed by atoms with Crippen LogP contribution in [0.15, 0.2) is 30.6 Å². The SMILES string of the molecule is CCOC(=O)[C@@H]1CCCN(Cn2ncn(-c3cccc(Cl)c3)c2=S)C1. The van der Waals surface area contributed by atoms with Crippen molar-refractivity contribution in [3.63, 3.8) is 0 Å². The lowest BCUT2D eigenvalue weighted by atomic mass is 9.99. The van der Waals surface area contributed by atoms with Crippen molar-refractivity contribution in [3.8, 4) is 5.69 Å². The van der Waals surface area contributed by atoms with Gasteiger partial charge in [0.1, 0.15) is 6.33 Å². The fraction of sp³-hybridized carbons (Fsp3) is 0.471. The lowest BCUT2D eigenvalue weighted by Gasteiger charge is -2.31. The number of esters is 1. The van der Waals surface area contributed by atoms with Crippen LogP contribution < -0.4 is 0 Å². The lowest BCUT2D eigenvalue weighted by Crippen LogP contribution is -2.40. The summed E-state index contributed by atoms with van der Waals surface area (Å²) in [5.41, 5.74) is 0.881. The molecule has 0 N–H and O–H groups in total. The summed E-state index contributed by atoms with van der Waals surface area (Å²) in [5.74, 6) is -0.182. The molecular formula is C17H21ClN4O2S. The molecule has 0 spiro atoms. The predicted molar refractivity (Wildman–Crippen MR) is 98.3 cm³/mol. The number of nitrogens with zero attached hydrogens (tertiary/aromatic N) is 4. The minimum atomic E-state index is -0.111. The Morgan fingerprint density at radius 1 is 1.48 bits per heavy atom. The fourth-order valence-corrected chi connectivity index (χ4v) is 3.51. The van der Waals surface area contributed by atoms with E-state index in [2.05, 4.69) is 10.00 Å². The second kappa shape index (κ2) is 8.12. The van der Waals surface area contributed by atoms with Crippen molar-refractivity contribution >= 4 is 29.8 Å². The number of hydrogen-bond acceptors (Lipinski definition) is 5. The van der Waals surface area contributed by atoms with E-state index >= 15 is 0 Å². The summed E-state index contributed by atoms with van der Waals surface area (Å²) in [6.07, 6.45) is 3.53. The molecule has 1 atom stereocenters. The monoisotopic (exact) mass is 380 g/mol. The molecular weight excluding hydrogens is 360 g/mol. The average molecular weight is 381 g/mol. The highest BCUT2D eigenvalue weighted by atomic mass is 35.5. The van der Waals surface area contributed by atoms with Gasteiger partial charge >= 0.3 is 5.97 Å². The van der Waals surface area contributed by atoms with Gasteiger partial charge in [-0.05, 0) is 56.7 Å². The molecule has 1 aliphatic heterocycles. The van der Waals surface area contributed by atoms with Gasteiger partial charge < -0.3 is 4.74 Å². The Morgan fingerprint density at radius 3 is 3.08 bits per heavy atom. The number of carbonyl (C=O) groups is 1. The summed E-state index contributed by atoms with van der Waals surface area (Å²) in [7, 11) is 0. The van der Waals surface area contributed by atoms with E-state index in [1.165, 1.54) is 0 Å². The van der Waals surface area contributed by atoms with Gasteiger partial charge in [0.25, 0.3) is 0 Å². The van der Waals surface area contributed by atoms with Gasteiger partial charge in [-0.3, -0.25) is 14.3 Å². The second-order valence-corrected chi connectivity index (χ2v) is 6.87. The van der Waals surface area contributed by atoms with Crippen molar-refractivity contribution in [3.05, 3.63) is 40.4 Å². The van der Waals surface area contributed by atoms with Gasteiger partial charge in [0.2, 0.25) is 4.77 Å². The number of halogens is 1. The minimum absolute atomic E-state index is 0.0714. The Labute approximate surface area is 157 Å². The summed E-state index contributed by atoms with van der Waals surface area (Å²) >= 11 is 11.6. The largest absolute Gasteiger partial charge is 0.466 e. The molecule has 0 bridgehead atoms. The van der Waals surface area contributed by atoms with Crippen molar-refractivity contribution in [1.82, 2.24) is 19.2 Å². The molecule has 2 heterocycles. The predicted octanol–water partition coefficient (Wildman–Crippen LogP) is 3.29. The molecule has 1 saturated heterocycles. The number of aromatic nitrogens is 3. The van der Waals surface area contributed by atoms with Crippen LogP contribution >= 0.6 is 23.8 Å². The zero-order valence-electron chi connectivity index (χ0n) is 14.1. The average Bonchev–Trinajstić information content (AvgIpc) is 2.96. The normalized spacial score (nSPS) is 18.2. The van der Waals surface area contributed by atoms with Crippen LogP contribution in [0.3, 0.4) is 0 Å². The highest BCUT2D eigenvalue weighted by Crippen LogP contribution is 2.19. The van der Waals surface area contributed by atoms with Gasteiger partial charge in [0.05, 0.1) is 24.9 Å². The van der Waals surface area contributed by atoms with Crippen LogP contribution in [0.4, 0.5) is 0 Å². The Balaban J connectivity index is 1.71. The Hall–Kier alpha value is -1.70. The number of hydrogen-bond donors (Lipinski definition) is 0. The number of ether oxygens (including phenoxy) is 1. The maximum absolute atomic E-state index is 12.0. The van der Waals surface area contributed by atoms with Crippen LogP contribution in [-0.4, -0.2) is 44.9 Å². The number of likely N-dealkylation sites (tertiary alicyclic amines) is 1. The molecule has 0 unspecified atom stereocenters. The smallest absolute Gasteiger partial charge is 0.310 e. The summed E-state index contributed by atoms with van der Waals surface area (Å²) in [6.45, 7) is 4.40. The summed E-state index contributed by atoms with van der Waals surface area (Å²) in [5, 5.41) is 5.05. The third-order valence-electron chi connectivity index (χ3n) is 4.28. The van der Waals surface area contributed by atoms with Crippen LogP contribution in [0.5, 0.6) is 0 Å². The van der Waals surface area contributed by atoms with Gasteiger partial charge in [-0.25, -0.2) is 4.68 Å². The zero-order chi connectivity index (χ0) is 17.8. The third-order valence-corrected chi connectivity index (χ3v) is 4.92. The Bertz CT molecular complexity index is 804. The van der Waals surface area contributed by atoms with E-state index in [-0.39, 0.29) is 11.9 Å². The quantitative estimate of drug-likeness (QED) is 0.588. The molecule has 25 heavy (non-hydrogen) atoms. The van der Waals surface area contributed by atoms with Crippen LogP contribution in [-0.2, 0) is 16.2 Å². The van der Waals surface area contributed by atoms with Gasteiger partial charge in [-0.2, -0.15) is 5.10 Å². The molecule has 1 aromatic heterocycles. The number of carbonyl (C=O) groups excluding carboxylic acids is 1. The third kappa shape index (κ3) is 4.29. The van der Waals surface area contributed by atoms with E-state index in [1.807, 2.05) is 35.8 Å². The first kappa shape index (κ1) is 18.1. The molecule has 1 aromatic carbocycles. The van der Waals surface area contributed by atoms with Crippen molar-refractivity contribution < 1.29 is 9.53 Å². The molecule has 0 saturated carbocycles. The van der Waals surface area contributed by atoms with Crippen molar-refractivity contribution in [2.45, 2.75) is 26.4 Å². The topological polar surface area (TPSA) is 52.3 Å². The number of piperidine rings is 1. The first-order valence-electron chi connectivity index (χ1n) is 8.38. The fourth-order valence-electron chi connectivity index (χ4n) is 3.06. The molecule has 6 nitrogen and oxygen atoms in total. The molecule has 1 aliphatic rings. The van der Waals surface area contributed by atoms with Crippen molar-refractivity contribution in [2.75, 3.05) is 19.7 Å². The zero-order valence-corrected chi connectivity index (χ0v) is 15.7. The van der Waals surface area contributed by atoms with E-state index in [0.717, 1.165) is 25.1 Å². The number of benzene rings is 1. The van der Waals surface area contributed by atoms with Gasteiger partial charge in [-0.1, -0.05) is 17.7 Å².